The summed E-state index contributed by atoms with van der Waals surface area (Å²) in [6, 6.07) is 1.86. The van der Waals surface area contributed by atoms with Crippen LogP contribution in [0.15, 0.2) is 18.5 Å². The minimum Gasteiger partial charge on any atom is -0.314 e. The number of hydrogen-bond donors (Lipinski definition) is 0. The number of aromatic nitrogens is 5. The van der Waals surface area contributed by atoms with Crippen LogP contribution in [0.1, 0.15) is 5.82 Å². The van der Waals surface area contributed by atoms with Crippen molar-refractivity contribution in [3.8, 4) is 11.4 Å². The van der Waals surface area contributed by atoms with Crippen LogP contribution in [0.2, 0.25) is 0 Å². The summed E-state index contributed by atoms with van der Waals surface area (Å²) in [6.07, 6.45) is 3.31. The summed E-state index contributed by atoms with van der Waals surface area (Å²) in [5.74, 6) is 1.69. The smallest absolute Gasteiger partial charge is 0.165 e. The van der Waals surface area contributed by atoms with Gasteiger partial charge in [-0.05, 0) is 13.0 Å². The minimum atomic E-state index is 0.812. The first-order chi connectivity index (χ1) is 6.29. The zero-order valence-electron chi connectivity index (χ0n) is 7.47. The van der Waals surface area contributed by atoms with Gasteiger partial charge in [-0.1, -0.05) is 0 Å². The Kier molecular flexibility index (Phi) is 1.77. The van der Waals surface area contributed by atoms with Gasteiger partial charge in [0.05, 0.1) is 12.4 Å². The van der Waals surface area contributed by atoms with Crippen LogP contribution in [0.5, 0.6) is 0 Å². The van der Waals surface area contributed by atoms with Crippen LogP contribution in [0.3, 0.4) is 0 Å². The molecule has 0 aliphatic carbocycles. The third kappa shape index (κ3) is 1.28. The van der Waals surface area contributed by atoms with Crippen LogP contribution >= 0.6 is 0 Å². The summed E-state index contributed by atoms with van der Waals surface area (Å²) in [4.78, 5) is 0. The van der Waals surface area contributed by atoms with Crippen molar-refractivity contribution in [3.05, 3.63) is 24.3 Å². The zero-order chi connectivity index (χ0) is 9.26. The van der Waals surface area contributed by atoms with Gasteiger partial charge < -0.3 is 4.57 Å². The average Bonchev–Trinajstić information content (AvgIpc) is 2.49. The highest BCUT2D eigenvalue weighted by Gasteiger charge is 2.06. The normalized spacial score (nSPS) is 10.3. The summed E-state index contributed by atoms with van der Waals surface area (Å²) in [5.41, 5.74) is 0.929. The first-order valence-corrected chi connectivity index (χ1v) is 3.92. The molecule has 0 bridgehead atoms. The van der Waals surface area contributed by atoms with Crippen molar-refractivity contribution in [2.45, 2.75) is 6.92 Å². The standard InChI is InChI=1S/C8H9N5/c1-6-11-12-8(13(6)2)7-3-4-9-10-5-7/h3-5H,1-2H3. The quantitative estimate of drug-likeness (QED) is 0.636. The van der Waals surface area contributed by atoms with Crippen LogP contribution in [-0.2, 0) is 7.05 Å². The van der Waals surface area contributed by atoms with Gasteiger partial charge in [-0.15, -0.1) is 10.2 Å². The molecule has 0 spiro atoms. The van der Waals surface area contributed by atoms with Gasteiger partial charge in [0, 0.05) is 12.6 Å². The van der Waals surface area contributed by atoms with Gasteiger partial charge in [-0.2, -0.15) is 10.2 Å². The molecule has 0 radical (unpaired) electrons. The third-order valence-corrected chi connectivity index (χ3v) is 1.94. The van der Waals surface area contributed by atoms with E-state index in [2.05, 4.69) is 20.4 Å². The summed E-state index contributed by atoms with van der Waals surface area (Å²) in [5, 5.41) is 15.5. The molecule has 0 aliphatic heterocycles. The highest BCUT2D eigenvalue weighted by molar-refractivity contribution is 5.52. The van der Waals surface area contributed by atoms with Crippen LogP contribution in [-0.4, -0.2) is 25.0 Å². The third-order valence-electron chi connectivity index (χ3n) is 1.94. The second-order valence-corrected chi connectivity index (χ2v) is 2.76. The van der Waals surface area contributed by atoms with E-state index >= 15 is 0 Å². The molecule has 0 amide bonds. The molecule has 5 nitrogen and oxygen atoms in total. The maximum absolute atomic E-state index is 4.03. The van der Waals surface area contributed by atoms with Crippen molar-refractivity contribution in [3.63, 3.8) is 0 Å². The first kappa shape index (κ1) is 7.85. The Labute approximate surface area is 75.5 Å². The van der Waals surface area contributed by atoms with Crippen molar-refractivity contribution in [1.82, 2.24) is 25.0 Å². The Balaban J connectivity index is 2.53. The van der Waals surface area contributed by atoms with E-state index in [1.165, 1.54) is 0 Å². The molecule has 0 atom stereocenters. The molecular weight excluding hydrogens is 166 g/mol. The molecule has 2 aromatic heterocycles. The van der Waals surface area contributed by atoms with E-state index in [0.29, 0.717) is 0 Å². The van der Waals surface area contributed by atoms with Gasteiger partial charge in [0.15, 0.2) is 5.82 Å². The van der Waals surface area contributed by atoms with E-state index in [4.69, 9.17) is 0 Å². The molecule has 5 heteroatoms. The highest BCUT2D eigenvalue weighted by atomic mass is 15.3. The average molecular weight is 175 g/mol. The van der Waals surface area contributed by atoms with Crippen molar-refractivity contribution < 1.29 is 0 Å². The molecule has 13 heavy (non-hydrogen) atoms. The molecule has 0 aliphatic rings. The fourth-order valence-corrected chi connectivity index (χ4v) is 1.08. The maximum atomic E-state index is 4.03. The molecule has 2 rings (SSSR count). The molecule has 0 saturated heterocycles. The lowest BCUT2D eigenvalue weighted by atomic mass is 10.3. The van der Waals surface area contributed by atoms with Crippen molar-refractivity contribution in [1.29, 1.82) is 0 Å². The SMILES string of the molecule is Cc1nnc(-c2ccnnc2)n1C. The minimum absolute atomic E-state index is 0.812. The predicted octanol–water partition coefficient (Wildman–Crippen LogP) is 0.581. The van der Waals surface area contributed by atoms with Crippen LogP contribution in [0.25, 0.3) is 11.4 Å². The van der Waals surface area contributed by atoms with Crippen LogP contribution < -0.4 is 0 Å². The number of hydrogen-bond acceptors (Lipinski definition) is 4. The second-order valence-electron chi connectivity index (χ2n) is 2.76. The maximum Gasteiger partial charge on any atom is 0.165 e. The first-order valence-electron chi connectivity index (χ1n) is 3.92. The number of rotatable bonds is 1. The van der Waals surface area contributed by atoms with Gasteiger partial charge in [-0.3, -0.25) is 0 Å². The Morgan fingerprint density at radius 1 is 1.23 bits per heavy atom. The summed E-state index contributed by atoms with van der Waals surface area (Å²) in [6.45, 7) is 1.91. The number of nitrogens with zero attached hydrogens (tertiary/aromatic N) is 5. The fourth-order valence-electron chi connectivity index (χ4n) is 1.08. The van der Waals surface area contributed by atoms with Gasteiger partial charge in [0.2, 0.25) is 0 Å². The highest BCUT2D eigenvalue weighted by Crippen LogP contribution is 2.13. The molecule has 2 heterocycles. The lowest BCUT2D eigenvalue weighted by Crippen LogP contribution is -1.95. The van der Waals surface area contributed by atoms with Crippen molar-refractivity contribution >= 4 is 0 Å². The lowest BCUT2D eigenvalue weighted by molar-refractivity contribution is 0.863. The zero-order valence-corrected chi connectivity index (χ0v) is 7.47. The van der Waals surface area contributed by atoms with E-state index in [9.17, 15) is 0 Å². The molecule has 0 unspecified atom stereocenters. The monoisotopic (exact) mass is 175 g/mol. The molecule has 0 aromatic carbocycles. The van der Waals surface area contributed by atoms with E-state index in [-0.39, 0.29) is 0 Å². The van der Waals surface area contributed by atoms with E-state index in [0.717, 1.165) is 17.2 Å². The Morgan fingerprint density at radius 3 is 2.62 bits per heavy atom. The van der Waals surface area contributed by atoms with Crippen LogP contribution in [0, 0.1) is 6.92 Å². The topological polar surface area (TPSA) is 56.5 Å². The van der Waals surface area contributed by atoms with E-state index in [1.807, 2.05) is 24.6 Å². The second kappa shape index (κ2) is 2.93. The van der Waals surface area contributed by atoms with Gasteiger partial charge >= 0.3 is 0 Å². The van der Waals surface area contributed by atoms with Crippen LogP contribution in [0.4, 0.5) is 0 Å². The van der Waals surface area contributed by atoms with E-state index in [1.54, 1.807) is 12.4 Å². The molecule has 66 valence electrons. The molecule has 2 aromatic rings. The summed E-state index contributed by atoms with van der Waals surface area (Å²) in [7, 11) is 1.92. The van der Waals surface area contributed by atoms with Gasteiger partial charge in [0.1, 0.15) is 5.82 Å². The lowest BCUT2D eigenvalue weighted by Gasteiger charge is -1.99. The molecule has 0 fully saturated rings. The van der Waals surface area contributed by atoms with E-state index < -0.39 is 0 Å². The summed E-state index contributed by atoms with van der Waals surface area (Å²) >= 11 is 0. The molecule has 0 N–H and O–H groups in total. The van der Waals surface area contributed by atoms with Crippen molar-refractivity contribution in [2.75, 3.05) is 0 Å². The largest absolute Gasteiger partial charge is 0.314 e. The Hall–Kier alpha value is -1.78. The Morgan fingerprint density at radius 2 is 2.08 bits per heavy atom. The Bertz CT molecular complexity index is 406. The van der Waals surface area contributed by atoms with Gasteiger partial charge in [0.25, 0.3) is 0 Å². The summed E-state index contributed by atoms with van der Waals surface area (Å²) < 4.78 is 1.91. The molecule has 0 saturated carbocycles. The van der Waals surface area contributed by atoms with Gasteiger partial charge in [-0.25, -0.2) is 0 Å². The van der Waals surface area contributed by atoms with Crippen molar-refractivity contribution in [2.24, 2.45) is 7.05 Å². The molecular formula is C8H9N5. The number of aryl methyl sites for hydroxylation is 1. The fraction of sp³-hybridized carbons (Fsp3) is 0.250. The predicted molar refractivity (Wildman–Crippen MR) is 46.8 cm³/mol.